The first-order valence-electron chi connectivity index (χ1n) is 9.06. The second-order valence-electron chi connectivity index (χ2n) is 7.45. The number of carboxylic acids is 1. The van der Waals surface area contributed by atoms with Gasteiger partial charge in [-0.05, 0) is 47.7 Å². The van der Waals surface area contributed by atoms with Gasteiger partial charge in [-0.25, -0.2) is 0 Å². The third-order valence-corrected chi connectivity index (χ3v) is 4.29. The Kier molecular flexibility index (Phi) is 6.61. The Morgan fingerprint density at radius 2 is 1.63 bits per heavy atom. The SMILES string of the molecule is CCOc1ccc([C@H](CC(=O)O)NC(=O)c2ccc(C(C)(C)C)cc2)cc1. The van der Waals surface area contributed by atoms with Crippen molar-refractivity contribution in [3.05, 3.63) is 65.2 Å². The number of rotatable bonds is 7. The van der Waals surface area contributed by atoms with Gasteiger partial charge < -0.3 is 15.2 Å². The van der Waals surface area contributed by atoms with E-state index >= 15 is 0 Å². The van der Waals surface area contributed by atoms with E-state index in [0.717, 1.165) is 11.1 Å². The third-order valence-electron chi connectivity index (χ3n) is 4.29. The highest BCUT2D eigenvalue weighted by Gasteiger charge is 2.20. The number of nitrogens with one attached hydrogen (secondary N) is 1. The van der Waals surface area contributed by atoms with Crippen LogP contribution in [0.3, 0.4) is 0 Å². The fourth-order valence-electron chi connectivity index (χ4n) is 2.75. The van der Waals surface area contributed by atoms with Crippen LogP contribution in [0.4, 0.5) is 0 Å². The minimum atomic E-state index is -0.975. The molecule has 1 amide bonds. The van der Waals surface area contributed by atoms with Gasteiger partial charge in [-0.15, -0.1) is 0 Å². The van der Waals surface area contributed by atoms with Crippen molar-refractivity contribution < 1.29 is 19.4 Å². The largest absolute Gasteiger partial charge is 0.494 e. The van der Waals surface area contributed by atoms with Crippen LogP contribution in [-0.4, -0.2) is 23.6 Å². The first-order chi connectivity index (χ1) is 12.7. The van der Waals surface area contributed by atoms with E-state index in [9.17, 15) is 14.7 Å². The van der Waals surface area contributed by atoms with E-state index in [-0.39, 0.29) is 17.7 Å². The lowest BCUT2D eigenvalue weighted by molar-refractivity contribution is -0.137. The van der Waals surface area contributed by atoms with Crippen molar-refractivity contribution in [1.29, 1.82) is 0 Å². The number of hydrogen-bond donors (Lipinski definition) is 2. The Balaban J connectivity index is 2.17. The second kappa shape index (κ2) is 8.71. The van der Waals surface area contributed by atoms with Crippen LogP contribution in [0.5, 0.6) is 5.75 Å². The summed E-state index contributed by atoms with van der Waals surface area (Å²) in [5.74, 6) is -0.563. The van der Waals surface area contributed by atoms with Crippen molar-refractivity contribution in [3.8, 4) is 5.75 Å². The minimum absolute atomic E-state index is 0.00313. The maximum Gasteiger partial charge on any atom is 0.305 e. The van der Waals surface area contributed by atoms with Crippen LogP contribution >= 0.6 is 0 Å². The van der Waals surface area contributed by atoms with E-state index in [1.807, 2.05) is 19.1 Å². The first-order valence-corrected chi connectivity index (χ1v) is 9.06. The molecule has 2 aromatic carbocycles. The molecule has 0 aliphatic rings. The first kappa shape index (κ1) is 20.5. The van der Waals surface area contributed by atoms with Gasteiger partial charge in [-0.2, -0.15) is 0 Å². The van der Waals surface area contributed by atoms with Crippen LogP contribution in [0.15, 0.2) is 48.5 Å². The minimum Gasteiger partial charge on any atom is -0.494 e. The topological polar surface area (TPSA) is 75.6 Å². The lowest BCUT2D eigenvalue weighted by atomic mass is 9.86. The monoisotopic (exact) mass is 369 g/mol. The summed E-state index contributed by atoms with van der Waals surface area (Å²) in [6, 6.07) is 13.9. The number of carbonyl (C=O) groups is 2. The molecule has 0 unspecified atom stereocenters. The average molecular weight is 369 g/mol. The van der Waals surface area contributed by atoms with Gasteiger partial charge in [0, 0.05) is 5.56 Å². The molecule has 1 atom stereocenters. The highest BCUT2D eigenvalue weighted by molar-refractivity contribution is 5.94. The van der Waals surface area contributed by atoms with Crippen LogP contribution in [-0.2, 0) is 10.2 Å². The quantitative estimate of drug-likeness (QED) is 0.762. The zero-order valence-electron chi connectivity index (χ0n) is 16.3. The Morgan fingerprint density at radius 1 is 1.04 bits per heavy atom. The molecule has 0 fully saturated rings. The predicted molar refractivity (Wildman–Crippen MR) is 105 cm³/mol. The van der Waals surface area contributed by atoms with Gasteiger partial charge in [-0.3, -0.25) is 9.59 Å². The molecule has 0 aliphatic heterocycles. The molecule has 0 spiro atoms. The lowest BCUT2D eigenvalue weighted by Crippen LogP contribution is -2.30. The highest BCUT2D eigenvalue weighted by atomic mass is 16.5. The molecule has 2 N–H and O–H groups in total. The summed E-state index contributed by atoms with van der Waals surface area (Å²) in [7, 11) is 0. The number of carboxylic acid groups (broad SMARTS) is 1. The number of amides is 1. The van der Waals surface area contributed by atoms with Crippen molar-refractivity contribution in [2.45, 2.75) is 45.6 Å². The van der Waals surface area contributed by atoms with Gasteiger partial charge in [0.05, 0.1) is 19.1 Å². The second-order valence-corrected chi connectivity index (χ2v) is 7.45. The van der Waals surface area contributed by atoms with E-state index in [0.29, 0.717) is 17.9 Å². The van der Waals surface area contributed by atoms with Crippen molar-refractivity contribution >= 4 is 11.9 Å². The van der Waals surface area contributed by atoms with Crippen molar-refractivity contribution in [3.63, 3.8) is 0 Å². The van der Waals surface area contributed by atoms with E-state index < -0.39 is 12.0 Å². The molecule has 144 valence electrons. The summed E-state index contributed by atoms with van der Waals surface area (Å²) in [6.07, 6.45) is -0.195. The van der Waals surface area contributed by atoms with Crippen molar-refractivity contribution in [2.75, 3.05) is 6.61 Å². The smallest absolute Gasteiger partial charge is 0.305 e. The summed E-state index contributed by atoms with van der Waals surface area (Å²) in [5, 5.41) is 12.0. The van der Waals surface area contributed by atoms with Gasteiger partial charge >= 0.3 is 5.97 Å². The summed E-state index contributed by atoms with van der Waals surface area (Å²) in [5.41, 5.74) is 2.36. The Bertz CT molecular complexity index is 773. The molecular weight excluding hydrogens is 342 g/mol. The molecule has 0 heterocycles. The summed E-state index contributed by atoms with van der Waals surface area (Å²) >= 11 is 0. The number of benzene rings is 2. The summed E-state index contributed by atoms with van der Waals surface area (Å²) in [4.78, 5) is 23.9. The fourth-order valence-corrected chi connectivity index (χ4v) is 2.75. The van der Waals surface area contributed by atoms with Gasteiger partial charge in [0.1, 0.15) is 5.75 Å². The zero-order chi connectivity index (χ0) is 20.0. The molecule has 27 heavy (non-hydrogen) atoms. The van der Waals surface area contributed by atoms with Crippen molar-refractivity contribution in [2.24, 2.45) is 0 Å². The maximum absolute atomic E-state index is 12.6. The third kappa shape index (κ3) is 5.84. The predicted octanol–water partition coefficient (Wildman–Crippen LogP) is 4.33. The Labute approximate surface area is 160 Å². The van der Waals surface area contributed by atoms with Crippen molar-refractivity contribution in [1.82, 2.24) is 5.32 Å². The number of ether oxygens (including phenoxy) is 1. The molecule has 5 nitrogen and oxygen atoms in total. The van der Waals surface area contributed by atoms with E-state index in [1.54, 1.807) is 36.4 Å². The molecule has 2 rings (SSSR count). The van der Waals surface area contributed by atoms with E-state index in [1.165, 1.54) is 0 Å². The molecular formula is C22H27NO4. The lowest BCUT2D eigenvalue weighted by Gasteiger charge is -2.20. The molecule has 0 bridgehead atoms. The van der Waals surface area contributed by atoms with Gasteiger partial charge in [0.25, 0.3) is 5.91 Å². The zero-order valence-corrected chi connectivity index (χ0v) is 16.3. The van der Waals surface area contributed by atoms with E-state index in [2.05, 4.69) is 26.1 Å². The molecule has 0 saturated carbocycles. The Morgan fingerprint density at radius 3 is 2.11 bits per heavy atom. The van der Waals surface area contributed by atoms with Gasteiger partial charge in [0.15, 0.2) is 0 Å². The highest BCUT2D eigenvalue weighted by Crippen LogP contribution is 2.24. The normalized spacial score (nSPS) is 12.3. The molecule has 0 aromatic heterocycles. The standard InChI is InChI=1S/C22H27NO4/c1-5-27-18-12-8-15(9-13-18)19(14-20(24)25)23-21(26)16-6-10-17(11-7-16)22(2,3)4/h6-13,19H,5,14H2,1-4H3,(H,23,26)(H,24,25)/t19-/m0/s1. The molecule has 0 saturated heterocycles. The summed E-state index contributed by atoms with van der Waals surface area (Å²) < 4.78 is 5.41. The number of hydrogen-bond acceptors (Lipinski definition) is 3. The molecule has 0 radical (unpaired) electrons. The van der Waals surface area contributed by atoms with Crippen LogP contribution < -0.4 is 10.1 Å². The average Bonchev–Trinajstić information content (AvgIpc) is 2.61. The van der Waals surface area contributed by atoms with Gasteiger partial charge in [0.2, 0.25) is 0 Å². The fraction of sp³-hybridized carbons (Fsp3) is 0.364. The maximum atomic E-state index is 12.6. The van der Waals surface area contributed by atoms with Crippen LogP contribution in [0, 0.1) is 0 Å². The molecule has 2 aromatic rings. The molecule has 5 heteroatoms. The number of carbonyl (C=O) groups excluding carboxylic acids is 1. The van der Waals surface area contributed by atoms with Crippen LogP contribution in [0.1, 0.15) is 61.6 Å². The van der Waals surface area contributed by atoms with Gasteiger partial charge in [-0.1, -0.05) is 45.0 Å². The van der Waals surface area contributed by atoms with Crippen LogP contribution in [0.2, 0.25) is 0 Å². The van der Waals surface area contributed by atoms with Crippen LogP contribution in [0.25, 0.3) is 0 Å². The molecule has 0 aliphatic carbocycles. The Hall–Kier alpha value is -2.82. The van der Waals surface area contributed by atoms with E-state index in [4.69, 9.17) is 4.74 Å². The summed E-state index contributed by atoms with van der Waals surface area (Å²) in [6.45, 7) is 8.77. The number of aliphatic carboxylic acids is 1.